The number of carbonyl (C=O) groups excluding carboxylic acids is 3. The van der Waals surface area contributed by atoms with Crippen molar-refractivity contribution in [1.29, 1.82) is 0 Å². The standard InChI is InChI=1S/C25H17ClN4O4/c26-19-13-15(9-10-21(19)30-24(33)16-5-1-2-6-17(16)25(30)34)28-23(32)11-12-29-20-8-4-3-7-18(20)22(31)14-27-29/h1-10,13-14H,11-12H2,(H,28,32). The molecular formula is C25H17ClN4O4. The molecule has 168 valence electrons. The molecule has 3 amide bonds. The highest BCUT2D eigenvalue weighted by Gasteiger charge is 2.37. The number of rotatable bonds is 5. The van der Waals surface area contributed by atoms with E-state index in [9.17, 15) is 19.2 Å². The minimum absolute atomic E-state index is 0.109. The Morgan fingerprint density at radius 2 is 1.59 bits per heavy atom. The third-order valence-corrected chi connectivity index (χ3v) is 5.88. The number of hydrogen-bond donors (Lipinski definition) is 1. The lowest BCUT2D eigenvalue weighted by Gasteiger charge is -2.16. The lowest BCUT2D eigenvalue weighted by atomic mass is 10.1. The number of para-hydroxylation sites is 1. The van der Waals surface area contributed by atoms with Gasteiger partial charge in [0.25, 0.3) is 11.8 Å². The molecule has 0 unspecified atom stereocenters. The zero-order valence-electron chi connectivity index (χ0n) is 17.7. The Morgan fingerprint density at radius 1 is 0.912 bits per heavy atom. The maximum atomic E-state index is 12.7. The first kappa shape index (κ1) is 21.5. The predicted molar refractivity (Wildman–Crippen MR) is 128 cm³/mol. The number of fused-ring (bicyclic) bond motifs is 2. The molecule has 1 aliphatic heterocycles. The highest BCUT2D eigenvalue weighted by molar-refractivity contribution is 6.40. The third-order valence-electron chi connectivity index (χ3n) is 5.58. The first-order valence-corrected chi connectivity index (χ1v) is 10.8. The third kappa shape index (κ3) is 3.74. The molecular weight excluding hydrogens is 456 g/mol. The molecule has 4 aromatic rings. The average molecular weight is 473 g/mol. The Bertz CT molecular complexity index is 1510. The van der Waals surface area contributed by atoms with Gasteiger partial charge in [-0.1, -0.05) is 35.9 Å². The number of aryl methyl sites for hydroxylation is 1. The van der Waals surface area contributed by atoms with E-state index in [-0.39, 0.29) is 35.0 Å². The molecule has 0 radical (unpaired) electrons. The highest BCUT2D eigenvalue weighted by Crippen LogP contribution is 2.34. The fourth-order valence-electron chi connectivity index (χ4n) is 3.94. The summed E-state index contributed by atoms with van der Waals surface area (Å²) in [4.78, 5) is 50.9. The number of halogens is 1. The number of nitrogens with zero attached hydrogens (tertiary/aromatic N) is 3. The summed E-state index contributed by atoms with van der Waals surface area (Å²) in [6, 6.07) is 18.2. The summed E-state index contributed by atoms with van der Waals surface area (Å²) in [6.45, 7) is 0.271. The number of aromatic nitrogens is 2. The van der Waals surface area contributed by atoms with Crippen molar-refractivity contribution in [2.24, 2.45) is 0 Å². The first-order valence-electron chi connectivity index (χ1n) is 10.5. The second kappa shape index (κ2) is 8.57. The molecule has 0 saturated carbocycles. The molecule has 0 aliphatic carbocycles. The van der Waals surface area contributed by atoms with Crippen molar-refractivity contribution in [3.05, 3.63) is 99.3 Å². The summed E-state index contributed by atoms with van der Waals surface area (Å²) in [5.74, 6) is -1.17. The fraction of sp³-hybridized carbons (Fsp3) is 0.0800. The summed E-state index contributed by atoms with van der Waals surface area (Å²) >= 11 is 6.38. The number of benzene rings is 3. The van der Waals surface area contributed by atoms with Crippen LogP contribution in [0.1, 0.15) is 27.1 Å². The van der Waals surface area contributed by atoms with Gasteiger partial charge in [-0.05, 0) is 42.5 Å². The van der Waals surface area contributed by atoms with Gasteiger partial charge in [0.2, 0.25) is 11.3 Å². The Morgan fingerprint density at radius 3 is 2.29 bits per heavy atom. The molecule has 8 nitrogen and oxygen atoms in total. The number of imide groups is 1. The van der Waals surface area contributed by atoms with E-state index in [2.05, 4.69) is 10.4 Å². The lowest BCUT2D eigenvalue weighted by molar-refractivity contribution is -0.116. The Kier molecular flexibility index (Phi) is 5.43. The van der Waals surface area contributed by atoms with Crippen molar-refractivity contribution in [3.8, 4) is 0 Å². The van der Waals surface area contributed by atoms with E-state index in [1.165, 1.54) is 18.3 Å². The Balaban J connectivity index is 1.29. The van der Waals surface area contributed by atoms with Crippen LogP contribution in [-0.4, -0.2) is 27.5 Å². The number of carbonyl (C=O) groups is 3. The van der Waals surface area contributed by atoms with Gasteiger partial charge >= 0.3 is 0 Å². The minimum atomic E-state index is -0.444. The van der Waals surface area contributed by atoms with Gasteiger partial charge in [0, 0.05) is 17.5 Å². The topological polar surface area (TPSA) is 101 Å². The van der Waals surface area contributed by atoms with Crippen molar-refractivity contribution < 1.29 is 14.4 Å². The largest absolute Gasteiger partial charge is 0.326 e. The maximum Gasteiger partial charge on any atom is 0.266 e. The number of amides is 3. The van der Waals surface area contributed by atoms with E-state index < -0.39 is 11.8 Å². The van der Waals surface area contributed by atoms with Gasteiger partial charge in [-0.3, -0.25) is 23.9 Å². The van der Waals surface area contributed by atoms with Gasteiger partial charge in [0.15, 0.2) is 0 Å². The van der Waals surface area contributed by atoms with E-state index in [4.69, 9.17) is 11.6 Å². The van der Waals surface area contributed by atoms with Gasteiger partial charge in [0.05, 0.1) is 40.1 Å². The second-order valence-corrected chi connectivity index (χ2v) is 8.11. The van der Waals surface area contributed by atoms with Crippen LogP contribution in [0.5, 0.6) is 0 Å². The summed E-state index contributed by atoms with van der Waals surface area (Å²) in [5.41, 5.74) is 1.79. The fourth-order valence-corrected chi connectivity index (χ4v) is 4.21. The summed E-state index contributed by atoms with van der Waals surface area (Å²) < 4.78 is 1.61. The van der Waals surface area contributed by atoms with Crippen LogP contribution in [0.4, 0.5) is 11.4 Å². The van der Waals surface area contributed by atoms with Crippen LogP contribution in [0.25, 0.3) is 10.9 Å². The predicted octanol–water partition coefficient (Wildman–Crippen LogP) is 3.88. The molecule has 1 N–H and O–H groups in total. The normalized spacial score (nSPS) is 12.8. The van der Waals surface area contributed by atoms with E-state index in [1.54, 1.807) is 59.3 Å². The van der Waals surface area contributed by atoms with Gasteiger partial charge in [-0.25, -0.2) is 4.90 Å². The van der Waals surface area contributed by atoms with Crippen LogP contribution in [0.15, 0.2) is 77.7 Å². The number of hydrogen-bond acceptors (Lipinski definition) is 5. The molecule has 0 spiro atoms. The average Bonchev–Trinajstić information content (AvgIpc) is 3.09. The molecule has 5 rings (SSSR count). The van der Waals surface area contributed by atoms with Crippen molar-refractivity contribution in [2.45, 2.75) is 13.0 Å². The molecule has 3 aromatic carbocycles. The zero-order valence-corrected chi connectivity index (χ0v) is 18.5. The van der Waals surface area contributed by atoms with Crippen LogP contribution in [-0.2, 0) is 11.3 Å². The molecule has 0 bridgehead atoms. The molecule has 34 heavy (non-hydrogen) atoms. The van der Waals surface area contributed by atoms with E-state index in [0.717, 1.165) is 4.90 Å². The van der Waals surface area contributed by atoms with Crippen LogP contribution in [0.2, 0.25) is 5.02 Å². The van der Waals surface area contributed by atoms with E-state index >= 15 is 0 Å². The monoisotopic (exact) mass is 472 g/mol. The van der Waals surface area contributed by atoms with E-state index in [1.807, 2.05) is 0 Å². The van der Waals surface area contributed by atoms with E-state index in [0.29, 0.717) is 27.7 Å². The van der Waals surface area contributed by atoms with Gasteiger partial charge in [-0.2, -0.15) is 5.10 Å². The SMILES string of the molecule is O=C(CCn1ncc(=O)c2ccccc21)Nc1ccc(N2C(=O)c3ccccc3C2=O)c(Cl)c1. The van der Waals surface area contributed by atoms with Crippen LogP contribution in [0.3, 0.4) is 0 Å². The Labute approximate surface area is 198 Å². The van der Waals surface area contributed by atoms with Crippen molar-refractivity contribution in [1.82, 2.24) is 9.78 Å². The molecule has 1 aromatic heterocycles. The number of nitrogens with one attached hydrogen (secondary N) is 1. The van der Waals surface area contributed by atoms with Crippen LogP contribution < -0.4 is 15.6 Å². The summed E-state index contributed by atoms with van der Waals surface area (Å²) in [6.07, 6.45) is 1.34. The maximum absolute atomic E-state index is 12.7. The molecule has 0 fully saturated rings. The molecule has 2 heterocycles. The number of anilines is 2. The summed E-state index contributed by atoms with van der Waals surface area (Å²) in [5, 5.41) is 7.56. The van der Waals surface area contributed by atoms with Crippen LogP contribution >= 0.6 is 11.6 Å². The van der Waals surface area contributed by atoms with Crippen molar-refractivity contribution in [2.75, 3.05) is 10.2 Å². The second-order valence-electron chi connectivity index (χ2n) is 7.70. The van der Waals surface area contributed by atoms with Crippen molar-refractivity contribution in [3.63, 3.8) is 0 Å². The van der Waals surface area contributed by atoms with Gasteiger partial charge in [-0.15, -0.1) is 0 Å². The molecule has 1 aliphatic rings. The van der Waals surface area contributed by atoms with Crippen LogP contribution in [0, 0.1) is 0 Å². The van der Waals surface area contributed by atoms with Crippen molar-refractivity contribution >= 4 is 51.6 Å². The Hall–Kier alpha value is -4.30. The molecule has 0 saturated heterocycles. The van der Waals surface area contributed by atoms with Gasteiger partial charge < -0.3 is 5.32 Å². The summed E-state index contributed by atoms with van der Waals surface area (Å²) in [7, 11) is 0. The smallest absolute Gasteiger partial charge is 0.266 e. The lowest BCUT2D eigenvalue weighted by Crippen LogP contribution is -2.29. The zero-order chi connectivity index (χ0) is 23.8. The molecule has 0 atom stereocenters. The van der Waals surface area contributed by atoms with Gasteiger partial charge in [0.1, 0.15) is 0 Å². The molecule has 9 heteroatoms. The quantitative estimate of drug-likeness (QED) is 0.444. The highest BCUT2D eigenvalue weighted by atomic mass is 35.5. The first-order chi connectivity index (χ1) is 16.4. The minimum Gasteiger partial charge on any atom is -0.326 e.